The lowest BCUT2D eigenvalue weighted by Gasteiger charge is -2.40. The summed E-state index contributed by atoms with van der Waals surface area (Å²) in [5.41, 5.74) is 7.19. The molecule has 32 heavy (non-hydrogen) atoms. The minimum absolute atomic E-state index is 0.362. The highest BCUT2D eigenvalue weighted by Gasteiger charge is 2.40. The molecule has 1 aliphatic heterocycles. The zero-order valence-electron chi connectivity index (χ0n) is 17.7. The highest BCUT2D eigenvalue weighted by Crippen LogP contribution is 2.44. The summed E-state index contributed by atoms with van der Waals surface area (Å²) >= 11 is 0. The van der Waals surface area contributed by atoms with Crippen LogP contribution in [-0.2, 0) is 12.8 Å². The zero-order valence-corrected chi connectivity index (χ0v) is 17.7. The Bertz CT molecular complexity index is 1430. The maximum Gasteiger partial charge on any atom is 0.154 e. The maximum absolute atomic E-state index is 4.94. The van der Waals surface area contributed by atoms with Gasteiger partial charge in [0.1, 0.15) is 5.52 Å². The van der Waals surface area contributed by atoms with Crippen molar-refractivity contribution in [2.75, 3.05) is 18.0 Å². The van der Waals surface area contributed by atoms with Gasteiger partial charge < -0.3 is 4.90 Å². The second-order valence-electron chi connectivity index (χ2n) is 9.13. The number of rotatable bonds is 2. The molecule has 7 rings (SSSR count). The molecule has 2 aliphatic rings. The number of aromatic nitrogens is 6. The predicted octanol–water partition coefficient (Wildman–Crippen LogP) is 3.82. The lowest BCUT2D eigenvalue weighted by Crippen LogP contribution is -2.41. The Morgan fingerprint density at radius 2 is 1.75 bits per heavy atom. The monoisotopic (exact) mass is 421 g/mol. The minimum Gasteiger partial charge on any atom is -0.355 e. The van der Waals surface area contributed by atoms with Crippen LogP contribution in [0.1, 0.15) is 24.1 Å². The molecule has 0 atom stereocenters. The lowest BCUT2D eigenvalue weighted by atomic mass is 9.76. The van der Waals surface area contributed by atoms with Crippen molar-refractivity contribution in [3.05, 3.63) is 78.6 Å². The van der Waals surface area contributed by atoms with Gasteiger partial charge in [-0.25, -0.2) is 14.0 Å². The fraction of sp³-hybridized carbons (Fsp3) is 0.280. The smallest absolute Gasteiger partial charge is 0.154 e. The summed E-state index contributed by atoms with van der Waals surface area (Å²) in [6, 6.07) is 12.5. The van der Waals surface area contributed by atoms with Crippen LogP contribution >= 0.6 is 0 Å². The van der Waals surface area contributed by atoms with Crippen LogP contribution < -0.4 is 4.90 Å². The summed E-state index contributed by atoms with van der Waals surface area (Å²) in [4.78, 5) is 12.0. The first-order valence-electron chi connectivity index (χ1n) is 11.2. The van der Waals surface area contributed by atoms with Crippen LogP contribution in [0, 0.1) is 5.41 Å². The molecule has 1 saturated heterocycles. The van der Waals surface area contributed by atoms with E-state index in [-0.39, 0.29) is 0 Å². The normalized spacial score (nSPS) is 17.4. The fourth-order valence-corrected chi connectivity index (χ4v) is 5.63. The molecule has 1 fully saturated rings. The molecule has 7 nitrogen and oxygen atoms in total. The summed E-state index contributed by atoms with van der Waals surface area (Å²) in [5.74, 6) is 1.02. The standard InChI is InChI=1S/C25H23N7/c1-2-11-31-21(5-1)19(16-29-31)23-17-27-24(22-6-10-28-32(22)23)30-12-7-25(8-13-30)14-18-4-3-9-26-20(18)15-25/h1-6,9-11,16-17H,7-8,12-15H2. The number of anilines is 1. The van der Waals surface area contributed by atoms with Crippen LogP contribution in [-0.4, -0.2) is 42.3 Å². The van der Waals surface area contributed by atoms with Crippen LogP contribution in [0.15, 0.2) is 67.4 Å². The molecule has 1 aliphatic carbocycles. The van der Waals surface area contributed by atoms with Crippen molar-refractivity contribution in [2.24, 2.45) is 5.41 Å². The molecule has 0 saturated carbocycles. The highest BCUT2D eigenvalue weighted by atomic mass is 15.3. The van der Waals surface area contributed by atoms with E-state index >= 15 is 0 Å². The van der Waals surface area contributed by atoms with Gasteiger partial charge in [0.2, 0.25) is 0 Å². The predicted molar refractivity (Wildman–Crippen MR) is 123 cm³/mol. The van der Waals surface area contributed by atoms with E-state index in [2.05, 4.69) is 44.3 Å². The van der Waals surface area contributed by atoms with Gasteiger partial charge >= 0.3 is 0 Å². The van der Waals surface area contributed by atoms with Crippen molar-refractivity contribution in [3.63, 3.8) is 0 Å². The van der Waals surface area contributed by atoms with E-state index in [0.717, 1.165) is 54.0 Å². The van der Waals surface area contributed by atoms with Gasteiger partial charge in [0.05, 0.1) is 29.8 Å². The van der Waals surface area contributed by atoms with E-state index < -0.39 is 0 Å². The topological polar surface area (TPSA) is 63.6 Å². The second kappa shape index (κ2) is 6.63. The molecule has 0 N–H and O–H groups in total. The van der Waals surface area contributed by atoms with Crippen molar-refractivity contribution in [1.29, 1.82) is 0 Å². The third-order valence-electron chi connectivity index (χ3n) is 7.33. The third-order valence-corrected chi connectivity index (χ3v) is 7.33. The SMILES string of the molecule is c1cnc2c(c1)CC1(CCN(c3ncc(-c4cnn5ccccc45)n4nccc34)CC1)C2. The summed E-state index contributed by atoms with van der Waals surface area (Å²) in [7, 11) is 0. The van der Waals surface area contributed by atoms with Gasteiger partial charge in [-0.3, -0.25) is 4.98 Å². The van der Waals surface area contributed by atoms with E-state index in [4.69, 9.17) is 4.98 Å². The van der Waals surface area contributed by atoms with E-state index in [1.165, 1.54) is 24.1 Å². The van der Waals surface area contributed by atoms with Gasteiger partial charge in [-0.1, -0.05) is 12.1 Å². The first-order valence-corrected chi connectivity index (χ1v) is 11.2. The second-order valence-corrected chi connectivity index (χ2v) is 9.13. The minimum atomic E-state index is 0.362. The molecule has 0 amide bonds. The van der Waals surface area contributed by atoms with Gasteiger partial charge in [-0.2, -0.15) is 10.2 Å². The van der Waals surface area contributed by atoms with Gasteiger partial charge in [0.15, 0.2) is 5.82 Å². The Labute approximate surface area is 185 Å². The third kappa shape index (κ3) is 2.60. The van der Waals surface area contributed by atoms with Gasteiger partial charge in [-0.15, -0.1) is 0 Å². The molecule has 0 radical (unpaired) electrons. The van der Waals surface area contributed by atoms with Crippen molar-refractivity contribution in [3.8, 4) is 11.3 Å². The highest BCUT2D eigenvalue weighted by molar-refractivity contribution is 5.81. The number of piperidine rings is 1. The van der Waals surface area contributed by atoms with E-state index in [9.17, 15) is 0 Å². The Morgan fingerprint density at radius 3 is 2.66 bits per heavy atom. The van der Waals surface area contributed by atoms with Crippen LogP contribution in [0.5, 0.6) is 0 Å². The molecular weight excluding hydrogens is 398 g/mol. The number of pyridine rings is 2. The van der Waals surface area contributed by atoms with Crippen molar-refractivity contribution < 1.29 is 0 Å². The Morgan fingerprint density at radius 1 is 0.812 bits per heavy atom. The summed E-state index contributed by atoms with van der Waals surface area (Å²) in [6.07, 6.45) is 14.2. The van der Waals surface area contributed by atoms with Crippen molar-refractivity contribution in [1.82, 2.24) is 29.2 Å². The average Bonchev–Trinajstić information content (AvgIpc) is 3.56. The van der Waals surface area contributed by atoms with Crippen LogP contribution in [0.2, 0.25) is 0 Å². The summed E-state index contributed by atoms with van der Waals surface area (Å²) in [6.45, 7) is 2.02. The van der Waals surface area contributed by atoms with E-state index in [0.29, 0.717) is 5.41 Å². The molecule has 1 spiro atoms. The number of hydrogen-bond acceptors (Lipinski definition) is 5. The van der Waals surface area contributed by atoms with Gasteiger partial charge in [0, 0.05) is 36.7 Å². The molecule has 7 heteroatoms. The average molecular weight is 422 g/mol. The molecule has 5 aromatic rings. The Balaban J connectivity index is 1.21. The molecule has 158 valence electrons. The molecule has 5 aromatic heterocycles. The van der Waals surface area contributed by atoms with Crippen molar-refractivity contribution >= 4 is 16.9 Å². The van der Waals surface area contributed by atoms with Gasteiger partial charge in [-0.05, 0) is 60.9 Å². The Kier molecular flexibility index (Phi) is 3.71. The number of hydrogen-bond donors (Lipinski definition) is 0. The number of nitrogens with zero attached hydrogens (tertiary/aromatic N) is 7. The summed E-state index contributed by atoms with van der Waals surface area (Å²) < 4.78 is 3.89. The van der Waals surface area contributed by atoms with E-state index in [1.807, 2.05) is 52.1 Å². The van der Waals surface area contributed by atoms with Crippen LogP contribution in [0.4, 0.5) is 5.82 Å². The molecule has 0 aromatic carbocycles. The Hall–Kier alpha value is -3.74. The van der Waals surface area contributed by atoms with Crippen LogP contribution in [0.25, 0.3) is 22.3 Å². The molecule has 0 bridgehead atoms. The van der Waals surface area contributed by atoms with Crippen LogP contribution in [0.3, 0.4) is 0 Å². The summed E-state index contributed by atoms with van der Waals surface area (Å²) in [5, 5.41) is 9.13. The fourth-order valence-electron chi connectivity index (χ4n) is 5.63. The molecular formula is C25H23N7. The molecule has 0 unspecified atom stereocenters. The van der Waals surface area contributed by atoms with E-state index in [1.54, 1.807) is 0 Å². The van der Waals surface area contributed by atoms with Crippen molar-refractivity contribution in [2.45, 2.75) is 25.7 Å². The largest absolute Gasteiger partial charge is 0.355 e. The first-order chi connectivity index (χ1) is 15.8. The quantitative estimate of drug-likeness (QED) is 0.434. The lowest BCUT2D eigenvalue weighted by molar-refractivity contribution is 0.231. The molecule has 6 heterocycles. The zero-order chi connectivity index (χ0) is 21.1. The first kappa shape index (κ1) is 17.9. The van der Waals surface area contributed by atoms with Gasteiger partial charge in [0.25, 0.3) is 0 Å². The number of fused-ring (bicyclic) bond motifs is 3. The maximum atomic E-state index is 4.94.